The van der Waals surface area contributed by atoms with Gasteiger partial charge in [-0.2, -0.15) is 0 Å². The molecule has 12 heteroatoms. The van der Waals surface area contributed by atoms with Gasteiger partial charge in [0.2, 0.25) is 11.8 Å². The number of hydrogen-bond acceptors (Lipinski definition) is 10. The second-order valence-corrected chi connectivity index (χ2v) is 14.0. The minimum absolute atomic E-state index is 0.0379. The number of nitrogens with one attached hydrogen (secondary N) is 1. The van der Waals surface area contributed by atoms with Crippen LogP contribution in [0.2, 0.25) is 0 Å². The van der Waals surface area contributed by atoms with Crippen molar-refractivity contribution in [3.05, 3.63) is 113 Å². The first kappa shape index (κ1) is 34.5. The largest absolute Gasteiger partial charge is 0.490 e. The third-order valence-corrected chi connectivity index (χ3v) is 10.3. The second kappa shape index (κ2) is 13.7. The van der Waals surface area contributed by atoms with E-state index in [1.165, 1.54) is 6.92 Å². The van der Waals surface area contributed by atoms with Crippen molar-refractivity contribution in [3.63, 3.8) is 0 Å². The normalized spacial score (nSPS) is 19.8. The van der Waals surface area contributed by atoms with E-state index in [-0.39, 0.29) is 59.7 Å². The first-order valence-electron chi connectivity index (χ1n) is 17.3. The number of amides is 4. The van der Waals surface area contributed by atoms with E-state index in [0.717, 1.165) is 40.3 Å². The number of Topliss-reactive ketones (excluding diaryl/α,β-unsaturated/α-hetero) is 1. The number of carbonyl (C=O) groups is 5. The molecule has 1 atom stereocenters. The Bertz CT molecular complexity index is 2070. The number of anilines is 1. The number of hydrogen-bond donors (Lipinski definition) is 1. The average Bonchev–Trinajstić information content (AvgIpc) is 3.37. The molecule has 12 nitrogen and oxygen atoms in total. The van der Waals surface area contributed by atoms with Gasteiger partial charge in [0.25, 0.3) is 11.8 Å². The summed E-state index contributed by atoms with van der Waals surface area (Å²) in [4.78, 5) is 73.2. The quantitative estimate of drug-likeness (QED) is 0.167. The highest BCUT2D eigenvalue weighted by Gasteiger charge is 2.45. The molecule has 3 aromatic carbocycles. The molecule has 3 heterocycles. The van der Waals surface area contributed by atoms with E-state index in [0.29, 0.717) is 11.4 Å². The summed E-state index contributed by atoms with van der Waals surface area (Å²) >= 11 is 0. The van der Waals surface area contributed by atoms with E-state index >= 15 is 0 Å². The van der Waals surface area contributed by atoms with Crippen molar-refractivity contribution in [3.8, 4) is 11.5 Å². The number of imide groups is 2. The van der Waals surface area contributed by atoms with Crippen LogP contribution in [0.1, 0.15) is 94.6 Å². The number of aromatic nitrogens is 2. The molecular formula is C40H39N5O7. The van der Waals surface area contributed by atoms with E-state index in [4.69, 9.17) is 9.47 Å². The summed E-state index contributed by atoms with van der Waals surface area (Å²) in [5, 5.41) is 2.23. The fourth-order valence-corrected chi connectivity index (χ4v) is 6.92. The minimum Gasteiger partial charge on any atom is -0.490 e. The van der Waals surface area contributed by atoms with Crippen LogP contribution in [0.3, 0.4) is 0 Å². The minimum atomic E-state index is -0.991. The van der Waals surface area contributed by atoms with Gasteiger partial charge < -0.3 is 14.4 Å². The Morgan fingerprint density at radius 2 is 1.56 bits per heavy atom. The zero-order valence-corrected chi connectivity index (χ0v) is 29.4. The molecule has 0 bridgehead atoms. The van der Waals surface area contributed by atoms with E-state index in [1.807, 2.05) is 37.4 Å². The number of fused-ring (bicyclic) bond motifs is 1. The van der Waals surface area contributed by atoms with Gasteiger partial charge in [-0.05, 0) is 66.1 Å². The number of piperidine rings is 1. The predicted molar refractivity (Wildman–Crippen MR) is 190 cm³/mol. The molecule has 2 fully saturated rings. The van der Waals surface area contributed by atoms with Crippen molar-refractivity contribution >= 4 is 35.1 Å². The van der Waals surface area contributed by atoms with Gasteiger partial charge in [-0.25, -0.2) is 9.97 Å². The molecule has 1 N–H and O–H groups in total. The van der Waals surface area contributed by atoms with Gasteiger partial charge in [-0.1, -0.05) is 38.1 Å². The SMILES string of the molecule is CC(=O)c1nccc(COc2ccc(C(C)(C)c3ccc(OC4CC(N(C)c5ccc6c(c5)C(=O)N(C5CCC(=O)NC5=O)C6=O)C4)cc3)cc2)n1. The molecule has 2 aliphatic heterocycles. The molecule has 1 aromatic heterocycles. The zero-order valence-electron chi connectivity index (χ0n) is 29.4. The Kier molecular flexibility index (Phi) is 9.08. The Balaban J connectivity index is 0.919. The van der Waals surface area contributed by atoms with Crippen LogP contribution in [-0.2, 0) is 21.6 Å². The lowest BCUT2D eigenvalue weighted by molar-refractivity contribution is -0.136. The summed E-state index contributed by atoms with van der Waals surface area (Å²) in [6, 6.07) is 22.2. The number of nitrogens with zero attached hydrogens (tertiary/aromatic N) is 4. The van der Waals surface area contributed by atoms with E-state index in [1.54, 1.807) is 24.4 Å². The molecule has 7 rings (SSSR count). The zero-order chi connectivity index (χ0) is 36.7. The highest BCUT2D eigenvalue weighted by Crippen LogP contribution is 2.37. The first-order valence-corrected chi connectivity index (χ1v) is 17.3. The maximum Gasteiger partial charge on any atom is 0.262 e. The summed E-state index contributed by atoms with van der Waals surface area (Å²) in [6.07, 6.45) is 3.38. The number of benzene rings is 3. The van der Waals surface area contributed by atoms with Crippen molar-refractivity contribution < 1.29 is 33.4 Å². The van der Waals surface area contributed by atoms with Crippen molar-refractivity contribution in [2.75, 3.05) is 11.9 Å². The van der Waals surface area contributed by atoms with Gasteiger partial charge in [0.05, 0.1) is 16.8 Å². The molecule has 1 saturated carbocycles. The molecule has 1 aliphatic carbocycles. The number of carbonyl (C=O) groups excluding carboxylic acids is 5. The van der Waals surface area contributed by atoms with Gasteiger partial charge in [0, 0.05) is 56.6 Å². The Morgan fingerprint density at radius 3 is 2.21 bits per heavy atom. The highest BCUT2D eigenvalue weighted by atomic mass is 16.5. The Labute approximate surface area is 301 Å². The second-order valence-electron chi connectivity index (χ2n) is 14.0. The van der Waals surface area contributed by atoms with E-state index in [9.17, 15) is 24.0 Å². The van der Waals surface area contributed by atoms with E-state index < -0.39 is 29.7 Å². The molecule has 3 aliphatic rings. The van der Waals surface area contributed by atoms with Crippen LogP contribution in [-0.4, -0.2) is 69.5 Å². The fraction of sp³-hybridized carbons (Fsp3) is 0.325. The summed E-state index contributed by atoms with van der Waals surface area (Å²) < 4.78 is 12.2. The Hall–Kier alpha value is -5.91. The molecule has 4 aromatic rings. The molecule has 0 spiro atoms. The Morgan fingerprint density at radius 1 is 0.904 bits per heavy atom. The summed E-state index contributed by atoms with van der Waals surface area (Å²) in [7, 11) is 1.96. The van der Waals surface area contributed by atoms with Gasteiger partial charge in [0.15, 0.2) is 11.6 Å². The predicted octanol–water partition coefficient (Wildman–Crippen LogP) is 5.03. The molecule has 1 saturated heterocycles. The number of ether oxygens (including phenoxy) is 2. The third-order valence-electron chi connectivity index (χ3n) is 10.3. The van der Waals surface area contributed by atoms with Crippen LogP contribution >= 0.6 is 0 Å². The van der Waals surface area contributed by atoms with Crippen LogP contribution in [0.15, 0.2) is 79.0 Å². The van der Waals surface area contributed by atoms with Crippen molar-refractivity contribution in [1.82, 2.24) is 20.2 Å². The summed E-state index contributed by atoms with van der Waals surface area (Å²) in [5.74, 6) is -0.576. The van der Waals surface area contributed by atoms with Crippen LogP contribution in [0.5, 0.6) is 11.5 Å². The topological polar surface area (TPSA) is 148 Å². The molecule has 1 unspecified atom stereocenters. The van der Waals surface area contributed by atoms with Crippen molar-refractivity contribution in [1.29, 1.82) is 0 Å². The smallest absolute Gasteiger partial charge is 0.262 e. The number of ketones is 1. The maximum absolute atomic E-state index is 13.3. The maximum atomic E-state index is 13.3. The van der Waals surface area contributed by atoms with Gasteiger partial charge in [0.1, 0.15) is 30.3 Å². The number of rotatable bonds is 11. The summed E-state index contributed by atoms with van der Waals surface area (Å²) in [5.41, 5.74) is 3.95. The lowest BCUT2D eigenvalue weighted by atomic mass is 9.78. The van der Waals surface area contributed by atoms with E-state index in [2.05, 4.69) is 58.3 Å². The summed E-state index contributed by atoms with van der Waals surface area (Å²) in [6.45, 7) is 6.01. The monoisotopic (exact) mass is 701 g/mol. The molecule has 52 heavy (non-hydrogen) atoms. The van der Waals surface area contributed by atoms with Gasteiger partial charge in [-0.3, -0.25) is 34.2 Å². The lowest BCUT2D eigenvalue weighted by Gasteiger charge is -2.42. The van der Waals surface area contributed by atoms with Gasteiger partial charge in [-0.15, -0.1) is 0 Å². The van der Waals surface area contributed by atoms with Crippen LogP contribution in [0.25, 0.3) is 0 Å². The van der Waals surface area contributed by atoms with Gasteiger partial charge >= 0.3 is 0 Å². The highest BCUT2D eigenvalue weighted by molar-refractivity contribution is 6.23. The van der Waals surface area contributed by atoms with Crippen molar-refractivity contribution in [2.24, 2.45) is 0 Å². The molecule has 266 valence electrons. The van der Waals surface area contributed by atoms with Crippen molar-refractivity contribution in [2.45, 2.75) is 76.7 Å². The average molecular weight is 702 g/mol. The molecule has 4 amide bonds. The lowest BCUT2D eigenvalue weighted by Crippen LogP contribution is -2.54. The third kappa shape index (κ3) is 6.63. The first-order chi connectivity index (χ1) is 24.9. The van der Waals surface area contributed by atoms with Crippen LogP contribution < -0.4 is 19.7 Å². The molecule has 0 radical (unpaired) electrons. The van der Waals surface area contributed by atoms with Crippen LogP contribution in [0.4, 0.5) is 5.69 Å². The van der Waals surface area contributed by atoms with Crippen LogP contribution in [0, 0.1) is 0 Å². The fourth-order valence-electron chi connectivity index (χ4n) is 6.92. The molecular weight excluding hydrogens is 662 g/mol. The standard InChI is InChI=1S/C40H39N5O7/c1-23(46)36-41-18-17-26(42-36)22-51-29-10-5-24(6-11-29)40(2,3)25-7-12-30(13-8-25)52-31-19-28(20-31)44(4)27-9-14-32-33(21-27)39(50)45(38(32)49)34-15-16-35(47)43-37(34)48/h5-14,17-18,21,28,31,34H,15-16,19-20,22H2,1-4H3,(H,43,47,48).